The highest BCUT2D eigenvalue weighted by Crippen LogP contribution is 2.43. The van der Waals surface area contributed by atoms with Gasteiger partial charge in [-0.05, 0) is 49.6 Å². The number of ether oxygens (including phenoxy) is 4. The monoisotopic (exact) mass is 526 g/mol. The number of amides is 2. The van der Waals surface area contributed by atoms with E-state index in [1.54, 1.807) is 37.6 Å². The number of nitrogens with zero attached hydrogens (tertiary/aromatic N) is 2. The Morgan fingerprint density at radius 3 is 2.28 bits per heavy atom. The van der Waals surface area contributed by atoms with Crippen molar-refractivity contribution in [1.29, 1.82) is 0 Å². The van der Waals surface area contributed by atoms with Crippen molar-refractivity contribution in [3.8, 4) is 17.0 Å². The van der Waals surface area contributed by atoms with Crippen molar-refractivity contribution < 1.29 is 28.5 Å². The molecule has 2 saturated heterocycles. The summed E-state index contributed by atoms with van der Waals surface area (Å²) in [5, 5.41) is 0. The van der Waals surface area contributed by atoms with Crippen LogP contribution in [-0.4, -0.2) is 59.6 Å². The molecule has 6 rings (SSSR count). The lowest BCUT2D eigenvalue weighted by Crippen LogP contribution is -2.36. The molecule has 0 unspecified atom stereocenters. The fourth-order valence-electron chi connectivity index (χ4n) is 5.50. The second-order valence-electron chi connectivity index (χ2n) is 10.4. The summed E-state index contributed by atoms with van der Waals surface area (Å²) in [5.41, 5.74) is 3.98. The highest BCUT2D eigenvalue weighted by atomic mass is 16.8. The first-order valence-electron chi connectivity index (χ1n) is 13.1. The van der Waals surface area contributed by atoms with Crippen LogP contribution in [0.1, 0.15) is 46.5 Å². The van der Waals surface area contributed by atoms with Gasteiger partial charge in [0.1, 0.15) is 6.10 Å². The molecular formula is C31H30N2O6. The molecule has 0 bridgehead atoms. The number of rotatable bonds is 7. The molecule has 0 spiro atoms. The van der Waals surface area contributed by atoms with E-state index in [1.807, 2.05) is 62.4 Å². The third-order valence-corrected chi connectivity index (χ3v) is 7.46. The third-order valence-electron chi connectivity index (χ3n) is 7.46. The number of benzene rings is 2. The Bertz CT molecular complexity index is 1380. The maximum Gasteiger partial charge on any atom is 0.261 e. The number of aromatic nitrogens is 1. The number of pyridine rings is 1. The van der Waals surface area contributed by atoms with Crippen LogP contribution in [0.2, 0.25) is 0 Å². The van der Waals surface area contributed by atoms with Crippen molar-refractivity contribution in [1.82, 2.24) is 9.88 Å². The summed E-state index contributed by atoms with van der Waals surface area (Å²) < 4.78 is 23.6. The van der Waals surface area contributed by atoms with Crippen molar-refractivity contribution in [2.45, 2.75) is 44.6 Å². The summed E-state index contributed by atoms with van der Waals surface area (Å²) in [6, 6.07) is 18.9. The lowest BCUT2D eigenvalue weighted by Gasteiger charge is -2.25. The highest BCUT2D eigenvalue weighted by molar-refractivity contribution is 6.21. The molecule has 3 aliphatic rings. The smallest absolute Gasteiger partial charge is 0.261 e. The molecule has 200 valence electrons. The number of carbonyl (C=O) groups is 2. The van der Waals surface area contributed by atoms with Gasteiger partial charge in [-0.25, -0.2) is 4.98 Å². The van der Waals surface area contributed by atoms with Gasteiger partial charge < -0.3 is 18.9 Å². The van der Waals surface area contributed by atoms with Crippen molar-refractivity contribution in [2.75, 3.05) is 13.7 Å². The minimum Gasteiger partial charge on any atom is -0.481 e. The van der Waals surface area contributed by atoms with Gasteiger partial charge >= 0.3 is 0 Å². The Labute approximate surface area is 227 Å². The van der Waals surface area contributed by atoms with Crippen LogP contribution < -0.4 is 4.74 Å². The molecule has 4 atom stereocenters. The number of methoxy groups -OCH3 is 1. The molecule has 0 aliphatic carbocycles. The predicted molar refractivity (Wildman–Crippen MR) is 144 cm³/mol. The van der Waals surface area contributed by atoms with Gasteiger partial charge in [-0.1, -0.05) is 48.6 Å². The molecule has 0 N–H and O–H groups in total. The molecule has 4 heterocycles. The highest BCUT2D eigenvalue weighted by Gasteiger charge is 2.54. The quantitative estimate of drug-likeness (QED) is 0.403. The minimum atomic E-state index is -0.760. The predicted octanol–water partition coefficient (Wildman–Crippen LogP) is 4.95. The Morgan fingerprint density at radius 1 is 0.949 bits per heavy atom. The maximum absolute atomic E-state index is 12.9. The lowest BCUT2D eigenvalue weighted by molar-refractivity contribution is -0.205. The molecular weight excluding hydrogens is 496 g/mol. The summed E-state index contributed by atoms with van der Waals surface area (Å²) in [6.07, 6.45) is 5.25. The third kappa shape index (κ3) is 4.87. The van der Waals surface area contributed by atoms with Gasteiger partial charge in [-0.2, -0.15) is 0 Å². The van der Waals surface area contributed by atoms with E-state index in [4.69, 9.17) is 18.9 Å². The molecule has 0 saturated carbocycles. The maximum atomic E-state index is 12.9. The molecule has 2 amide bonds. The Morgan fingerprint density at radius 2 is 1.64 bits per heavy atom. The zero-order chi connectivity index (χ0) is 27.1. The average Bonchev–Trinajstić information content (AvgIpc) is 3.51. The van der Waals surface area contributed by atoms with Gasteiger partial charge in [0, 0.05) is 30.3 Å². The van der Waals surface area contributed by atoms with Crippen molar-refractivity contribution in [3.05, 3.63) is 89.6 Å². The fraction of sp³-hybridized carbons (Fsp3) is 0.323. The summed E-state index contributed by atoms with van der Waals surface area (Å²) in [7, 11) is 1.60. The van der Waals surface area contributed by atoms with Crippen molar-refractivity contribution >= 4 is 17.9 Å². The molecule has 2 aromatic carbocycles. The summed E-state index contributed by atoms with van der Waals surface area (Å²) in [5.74, 6) is -0.789. The molecule has 3 aliphatic heterocycles. The molecule has 3 aromatic rings. The summed E-state index contributed by atoms with van der Waals surface area (Å²) >= 11 is 0. The number of hydrogen-bond donors (Lipinski definition) is 0. The molecule has 39 heavy (non-hydrogen) atoms. The van der Waals surface area contributed by atoms with Crippen LogP contribution in [0.15, 0.2) is 72.9 Å². The van der Waals surface area contributed by atoms with Gasteiger partial charge in [0.15, 0.2) is 12.1 Å². The number of fused-ring (bicyclic) bond motifs is 2. The van der Waals surface area contributed by atoms with E-state index in [-0.39, 0.29) is 36.5 Å². The zero-order valence-corrected chi connectivity index (χ0v) is 22.1. The van der Waals surface area contributed by atoms with Crippen LogP contribution in [-0.2, 0) is 14.2 Å². The normalized spacial score (nSPS) is 25.4. The molecule has 0 radical (unpaired) electrons. The first-order valence-corrected chi connectivity index (χ1v) is 13.1. The second kappa shape index (κ2) is 10.0. The van der Waals surface area contributed by atoms with Crippen LogP contribution in [0.4, 0.5) is 0 Å². The van der Waals surface area contributed by atoms with Crippen molar-refractivity contribution in [2.24, 2.45) is 5.92 Å². The fourth-order valence-corrected chi connectivity index (χ4v) is 5.50. The molecule has 8 nitrogen and oxygen atoms in total. The van der Waals surface area contributed by atoms with E-state index in [9.17, 15) is 9.59 Å². The Balaban J connectivity index is 1.17. The van der Waals surface area contributed by atoms with Crippen LogP contribution >= 0.6 is 0 Å². The first-order chi connectivity index (χ1) is 18.8. The van der Waals surface area contributed by atoms with Crippen LogP contribution in [0.3, 0.4) is 0 Å². The Kier molecular flexibility index (Phi) is 6.54. The first kappa shape index (κ1) is 25.4. The molecule has 2 fully saturated rings. The number of carbonyl (C=O) groups excluding carboxylic acids is 2. The van der Waals surface area contributed by atoms with E-state index in [2.05, 4.69) is 4.98 Å². The van der Waals surface area contributed by atoms with Crippen LogP contribution in [0.5, 0.6) is 5.88 Å². The molecule has 8 heteroatoms. The van der Waals surface area contributed by atoms with E-state index in [0.717, 1.165) is 16.7 Å². The zero-order valence-electron chi connectivity index (χ0n) is 22.1. The second-order valence-corrected chi connectivity index (χ2v) is 10.4. The van der Waals surface area contributed by atoms with Gasteiger partial charge in [0.05, 0.1) is 24.3 Å². The summed E-state index contributed by atoms with van der Waals surface area (Å²) in [4.78, 5) is 31.4. The van der Waals surface area contributed by atoms with Gasteiger partial charge in [-0.3, -0.25) is 14.5 Å². The summed E-state index contributed by atoms with van der Waals surface area (Å²) in [6.45, 7) is 4.00. The van der Waals surface area contributed by atoms with E-state index >= 15 is 0 Å². The molecule has 1 aromatic heterocycles. The van der Waals surface area contributed by atoms with Crippen molar-refractivity contribution in [3.63, 3.8) is 0 Å². The number of imide groups is 1. The SMILES string of the molecule is COc1ccc(-c2ccc(C=C[C@@H]3O[C@H]4OC(C)(C)O[C@H]4[C@H]3CCN3C(=O)c4ccccc4C3=O)cc2)cn1. The van der Waals surface area contributed by atoms with Gasteiger partial charge in [-0.15, -0.1) is 0 Å². The van der Waals surface area contributed by atoms with E-state index in [0.29, 0.717) is 23.4 Å². The van der Waals surface area contributed by atoms with E-state index in [1.165, 1.54) is 4.90 Å². The van der Waals surface area contributed by atoms with Gasteiger partial charge in [0.2, 0.25) is 5.88 Å². The minimum absolute atomic E-state index is 0.0954. The number of hydrogen-bond acceptors (Lipinski definition) is 7. The lowest BCUT2D eigenvalue weighted by atomic mass is 9.93. The van der Waals surface area contributed by atoms with Crippen LogP contribution in [0.25, 0.3) is 17.2 Å². The standard InChI is InChI=1S/C31H30N2O6/c1-31(2)38-27-24(16-17-33-28(34)22-6-4-5-7-23(22)29(33)35)25(37-30(27)39-31)14-10-19-8-11-20(12-9-19)21-13-15-26(36-3)32-18-21/h4-15,18,24-25,27,30H,16-17H2,1-3H3/t24-,25-,27-,30-/m0/s1. The van der Waals surface area contributed by atoms with Crippen LogP contribution in [0, 0.1) is 5.92 Å². The topological polar surface area (TPSA) is 87.2 Å². The Hall–Kier alpha value is -3.85. The van der Waals surface area contributed by atoms with Gasteiger partial charge in [0.25, 0.3) is 11.8 Å². The average molecular weight is 527 g/mol. The largest absolute Gasteiger partial charge is 0.481 e. The van der Waals surface area contributed by atoms with E-state index < -0.39 is 12.1 Å².